The number of rotatable bonds is 7. The molecule has 38 heavy (non-hydrogen) atoms. The van der Waals surface area contributed by atoms with Crippen LogP contribution in [0, 0.1) is 6.92 Å². The van der Waals surface area contributed by atoms with Crippen molar-refractivity contribution in [2.75, 3.05) is 18.5 Å². The van der Waals surface area contributed by atoms with Gasteiger partial charge in [-0.1, -0.05) is 66.7 Å². The maximum absolute atomic E-state index is 12.8. The number of anilines is 1. The quantitative estimate of drug-likeness (QED) is 0.431. The van der Waals surface area contributed by atoms with Crippen LogP contribution in [0.1, 0.15) is 51.4 Å². The van der Waals surface area contributed by atoms with Crippen molar-refractivity contribution in [3.63, 3.8) is 0 Å². The molecule has 3 aromatic carbocycles. The van der Waals surface area contributed by atoms with E-state index in [4.69, 9.17) is 10.7 Å². The van der Waals surface area contributed by atoms with Crippen LogP contribution in [0.5, 0.6) is 0 Å². The van der Waals surface area contributed by atoms with Gasteiger partial charge in [-0.15, -0.1) is 0 Å². The predicted molar refractivity (Wildman–Crippen MR) is 155 cm³/mol. The van der Waals surface area contributed by atoms with Crippen LogP contribution in [0.3, 0.4) is 0 Å². The maximum Gasteiger partial charge on any atom is 0.251 e. The Hall–Kier alpha value is -4.00. The molecule has 0 spiro atoms. The smallest absolute Gasteiger partial charge is 0.251 e. The highest BCUT2D eigenvalue weighted by molar-refractivity contribution is 5.98. The third-order valence-corrected chi connectivity index (χ3v) is 7.61. The zero-order chi connectivity index (χ0) is 26.2. The van der Waals surface area contributed by atoms with Gasteiger partial charge in [-0.3, -0.25) is 4.79 Å². The molecule has 1 amide bonds. The lowest BCUT2D eigenvalue weighted by Crippen LogP contribution is -2.39. The van der Waals surface area contributed by atoms with Crippen LogP contribution in [0.4, 0.5) is 5.69 Å². The number of hydrogen-bond donors (Lipinski definition) is 3. The first-order chi connectivity index (χ1) is 18.5. The molecule has 1 fully saturated rings. The van der Waals surface area contributed by atoms with E-state index in [1.165, 1.54) is 16.7 Å². The molecule has 1 saturated carbocycles. The molecule has 6 heteroatoms. The van der Waals surface area contributed by atoms with Crippen molar-refractivity contribution in [1.29, 1.82) is 0 Å². The van der Waals surface area contributed by atoms with Gasteiger partial charge in [0.2, 0.25) is 0 Å². The van der Waals surface area contributed by atoms with Crippen LogP contribution in [-0.2, 0) is 0 Å². The summed E-state index contributed by atoms with van der Waals surface area (Å²) in [6.07, 6.45) is 5.78. The fourth-order valence-corrected chi connectivity index (χ4v) is 5.50. The summed E-state index contributed by atoms with van der Waals surface area (Å²) in [6.45, 7) is 2.83. The highest BCUT2D eigenvalue weighted by Gasteiger charge is 2.34. The van der Waals surface area contributed by atoms with Crippen molar-refractivity contribution in [3.05, 3.63) is 112 Å². The Kier molecular flexibility index (Phi) is 6.44. The molecule has 192 valence electrons. The lowest BCUT2D eigenvalue weighted by molar-refractivity contribution is 0.0951. The lowest BCUT2D eigenvalue weighted by atomic mass is 9.86. The molecule has 3 aromatic rings. The van der Waals surface area contributed by atoms with Crippen molar-refractivity contribution in [2.45, 2.75) is 37.9 Å². The summed E-state index contributed by atoms with van der Waals surface area (Å²) in [5, 5.41) is 6.40. The number of carbonyl (C=O) groups excluding carboxylic acids is 1. The van der Waals surface area contributed by atoms with Crippen molar-refractivity contribution >= 4 is 29.1 Å². The molecule has 0 saturated heterocycles. The largest absolute Gasteiger partial charge is 0.349 e. The first-order valence-corrected chi connectivity index (χ1v) is 13.3. The van der Waals surface area contributed by atoms with Crippen molar-refractivity contribution in [3.8, 4) is 0 Å². The molecule has 4 N–H and O–H groups in total. The van der Waals surface area contributed by atoms with E-state index in [2.05, 4.69) is 65.2 Å². The van der Waals surface area contributed by atoms with Gasteiger partial charge in [-0.25, -0.2) is 4.99 Å². The molecule has 6 nitrogen and oxygen atoms in total. The van der Waals surface area contributed by atoms with Crippen LogP contribution >= 0.6 is 0 Å². The second kappa shape index (κ2) is 10.0. The number of fused-ring (bicyclic) bond motifs is 1. The number of hydrogen-bond acceptors (Lipinski definition) is 5. The van der Waals surface area contributed by atoms with Gasteiger partial charge >= 0.3 is 0 Å². The van der Waals surface area contributed by atoms with Gasteiger partial charge in [0.1, 0.15) is 6.17 Å². The number of amides is 1. The van der Waals surface area contributed by atoms with Crippen LogP contribution in [-0.4, -0.2) is 38.0 Å². The summed E-state index contributed by atoms with van der Waals surface area (Å²) in [6, 6.07) is 25.1. The highest BCUT2D eigenvalue weighted by atomic mass is 16.1. The van der Waals surface area contributed by atoms with E-state index in [-0.39, 0.29) is 11.8 Å². The molecule has 1 heterocycles. The molecule has 1 aliphatic heterocycles. The summed E-state index contributed by atoms with van der Waals surface area (Å²) < 4.78 is 0. The van der Waals surface area contributed by atoms with Gasteiger partial charge in [-0.05, 0) is 72.3 Å². The molecule has 0 bridgehead atoms. The summed E-state index contributed by atoms with van der Waals surface area (Å²) in [4.78, 5) is 19.7. The number of nitrogens with two attached hydrogens (primary N) is 1. The van der Waals surface area contributed by atoms with Crippen LogP contribution < -0.4 is 21.3 Å². The summed E-state index contributed by atoms with van der Waals surface area (Å²) >= 11 is 0. The second-order valence-corrected chi connectivity index (χ2v) is 10.3. The van der Waals surface area contributed by atoms with Gasteiger partial charge in [0.05, 0.1) is 12.0 Å². The number of likely N-dealkylation sites (N-methyl/N-ethyl adjacent to an activating group) is 1. The molecule has 0 aromatic heterocycles. The number of nitrogens with zero attached hydrogens (tertiary/aromatic N) is 2. The minimum atomic E-state index is -0.487. The molecular formula is C32H33N5O. The first-order valence-electron chi connectivity index (χ1n) is 13.3. The van der Waals surface area contributed by atoms with Crippen LogP contribution in [0.15, 0.2) is 89.6 Å². The van der Waals surface area contributed by atoms with Crippen molar-refractivity contribution in [1.82, 2.24) is 10.6 Å². The minimum absolute atomic E-state index is 0.0341. The van der Waals surface area contributed by atoms with Crippen LogP contribution in [0.2, 0.25) is 0 Å². The first kappa shape index (κ1) is 24.3. The number of carbonyl (C=O) groups is 1. The summed E-state index contributed by atoms with van der Waals surface area (Å²) in [7, 11) is 1.98. The fraction of sp³-hybridized carbons (Fsp3) is 0.250. The molecule has 6 rings (SSSR count). The Morgan fingerprint density at radius 2 is 1.79 bits per heavy atom. The van der Waals surface area contributed by atoms with Gasteiger partial charge in [-0.2, -0.15) is 0 Å². The zero-order valence-corrected chi connectivity index (χ0v) is 21.8. The lowest BCUT2D eigenvalue weighted by Gasteiger charge is -2.26. The number of aryl methyl sites for hydroxylation is 1. The average Bonchev–Trinajstić information content (AvgIpc) is 3.58. The van der Waals surface area contributed by atoms with E-state index < -0.39 is 6.17 Å². The second-order valence-electron chi connectivity index (χ2n) is 10.3. The van der Waals surface area contributed by atoms with E-state index in [9.17, 15) is 4.79 Å². The molecular weight excluding hydrogens is 470 g/mol. The molecule has 0 radical (unpaired) electrons. The summed E-state index contributed by atoms with van der Waals surface area (Å²) in [5.74, 6) is -0.00388. The fourth-order valence-electron chi connectivity index (χ4n) is 5.50. The maximum atomic E-state index is 12.8. The Bertz CT molecular complexity index is 1470. The van der Waals surface area contributed by atoms with E-state index >= 15 is 0 Å². The average molecular weight is 504 g/mol. The Morgan fingerprint density at radius 1 is 1.03 bits per heavy atom. The Morgan fingerprint density at radius 3 is 2.55 bits per heavy atom. The topological polar surface area (TPSA) is 82.8 Å². The predicted octanol–water partition coefficient (Wildman–Crippen LogP) is 4.83. The van der Waals surface area contributed by atoms with E-state index in [1.807, 2.05) is 49.5 Å². The molecule has 3 aliphatic rings. The van der Waals surface area contributed by atoms with Gasteiger partial charge in [0, 0.05) is 29.8 Å². The summed E-state index contributed by atoms with van der Waals surface area (Å²) in [5.41, 5.74) is 16.4. The normalized spacial score (nSPS) is 21.3. The molecule has 2 atom stereocenters. The van der Waals surface area contributed by atoms with Crippen molar-refractivity contribution in [2.24, 2.45) is 10.7 Å². The number of nitrogens with one attached hydrogen (secondary N) is 2. The number of benzene rings is 3. The van der Waals surface area contributed by atoms with Crippen LogP contribution in [0.25, 0.3) is 11.1 Å². The van der Waals surface area contributed by atoms with Gasteiger partial charge in [0.25, 0.3) is 5.91 Å². The molecule has 2 aliphatic carbocycles. The van der Waals surface area contributed by atoms with Crippen molar-refractivity contribution < 1.29 is 4.79 Å². The van der Waals surface area contributed by atoms with E-state index in [0.717, 1.165) is 47.5 Å². The van der Waals surface area contributed by atoms with E-state index in [0.29, 0.717) is 11.6 Å². The Balaban J connectivity index is 1.42. The standard InChI is InChI=1S/C32H33N5O/c1-20-12-13-22(32(38)36-24-14-15-24)17-28(20)37-19-35-30(31(37)33)29(21-8-4-3-5-9-21)27-16-23(18-34-2)25-10-6-7-11-26(25)27/h3-13,16-17,19,24,27,31,34H,14-15,18,33H2,1-2H3,(H,36,38). The van der Waals surface area contributed by atoms with E-state index in [1.54, 1.807) is 0 Å². The number of aliphatic imine (C=N–C) groups is 1. The highest BCUT2D eigenvalue weighted by Crippen LogP contribution is 2.46. The number of allylic oxidation sites excluding steroid dienone is 2. The third kappa shape index (κ3) is 4.46. The monoisotopic (exact) mass is 503 g/mol. The SMILES string of the molecule is CNCC1=CC(C(=C2N=CN(c3cc(C(=O)NC4CC4)ccc3C)C2N)c2ccccc2)c2ccccc21. The minimum Gasteiger partial charge on any atom is -0.349 e. The molecule has 2 unspecified atom stereocenters. The third-order valence-electron chi connectivity index (χ3n) is 7.61. The zero-order valence-electron chi connectivity index (χ0n) is 21.8. The van der Waals surface area contributed by atoms with Gasteiger partial charge < -0.3 is 21.3 Å². The Labute approximate surface area is 224 Å². The van der Waals surface area contributed by atoms with Gasteiger partial charge in [0.15, 0.2) is 0 Å².